The molecule has 0 aliphatic rings. The molecule has 46 valence electrons. The molecule has 0 saturated heterocycles. The summed E-state index contributed by atoms with van der Waals surface area (Å²) in [5, 5.41) is 0. The van der Waals surface area contributed by atoms with Crippen LogP contribution in [0, 0.1) is 6.92 Å². The van der Waals surface area contributed by atoms with Gasteiger partial charge in [-0.05, 0) is 0 Å². The smallest absolute Gasteiger partial charge is 0 e. The van der Waals surface area contributed by atoms with Crippen LogP contribution in [0.2, 0.25) is 0 Å². The summed E-state index contributed by atoms with van der Waals surface area (Å²) in [6.07, 6.45) is 0. The zero-order valence-electron chi connectivity index (χ0n) is 4.41. The molecule has 1 rings (SSSR count). The van der Waals surface area contributed by atoms with Crippen molar-refractivity contribution in [3.05, 3.63) is 42.8 Å². The van der Waals surface area contributed by atoms with E-state index in [1.807, 2.05) is 30.3 Å². The Bertz CT molecular complexity index is 134. The third kappa shape index (κ3) is 2.04. The minimum atomic E-state index is 0. The SMILES string of the molecule is [CH2-]c1ccccc1.[Ni]. The molecule has 0 N–H and O–H groups in total. The first kappa shape index (κ1) is 7.58. The summed E-state index contributed by atoms with van der Waals surface area (Å²) in [5.41, 5.74) is 1.07. The Kier molecular flexibility index (Phi) is 3.38. The Balaban J connectivity index is 0.000000490. The van der Waals surface area contributed by atoms with Crippen LogP contribution in [0.4, 0.5) is 0 Å². The van der Waals surface area contributed by atoms with E-state index in [0.717, 1.165) is 5.56 Å². The summed E-state index contributed by atoms with van der Waals surface area (Å²) in [6, 6.07) is 9.87. The quantitative estimate of drug-likeness (QED) is 0.391. The van der Waals surface area contributed by atoms with E-state index in [1.54, 1.807) is 0 Å². The Hall–Kier alpha value is -0.416. The van der Waals surface area contributed by atoms with Crippen LogP contribution in [-0.4, -0.2) is 0 Å². The van der Waals surface area contributed by atoms with Gasteiger partial charge in [-0.1, -0.05) is 6.07 Å². The van der Waals surface area contributed by atoms with Crippen LogP contribution >= 0.6 is 0 Å². The van der Waals surface area contributed by atoms with E-state index in [1.165, 1.54) is 0 Å². The molecule has 0 bridgehead atoms. The third-order valence-electron chi connectivity index (χ3n) is 0.843. The van der Waals surface area contributed by atoms with Crippen molar-refractivity contribution in [2.45, 2.75) is 0 Å². The van der Waals surface area contributed by atoms with Crippen molar-refractivity contribution in [2.24, 2.45) is 0 Å². The van der Waals surface area contributed by atoms with Gasteiger partial charge in [-0.2, -0.15) is 24.6 Å². The Morgan fingerprint density at radius 3 is 1.75 bits per heavy atom. The minimum absolute atomic E-state index is 0. The van der Waals surface area contributed by atoms with Gasteiger partial charge >= 0.3 is 0 Å². The number of hydrogen-bond acceptors (Lipinski definition) is 0. The summed E-state index contributed by atoms with van der Waals surface area (Å²) >= 11 is 0. The average Bonchev–Trinajstić information content (AvgIpc) is 1.69. The minimum Gasteiger partial charge on any atom is -0.199 e. The van der Waals surface area contributed by atoms with Crippen LogP contribution in [0.25, 0.3) is 0 Å². The van der Waals surface area contributed by atoms with Gasteiger partial charge in [-0.25, -0.2) is 0 Å². The number of hydrogen-bond donors (Lipinski definition) is 0. The molecule has 0 atom stereocenters. The fourth-order valence-corrected chi connectivity index (χ4v) is 0.478. The summed E-state index contributed by atoms with van der Waals surface area (Å²) in [7, 11) is 0. The summed E-state index contributed by atoms with van der Waals surface area (Å²) in [5.74, 6) is 0. The van der Waals surface area contributed by atoms with Gasteiger partial charge < -0.3 is 0 Å². The van der Waals surface area contributed by atoms with E-state index < -0.39 is 0 Å². The second-order valence-electron chi connectivity index (χ2n) is 1.49. The van der Waals surface area contributed by atoms with Crippen molar-refractivity contribution in [3.8, 4) is 0 Å². The fourth-order valence-electron chi connectivity index (χ4n) is 0.478. The topological polar surface area (TPSA) is 0 Å². The zero-order chi connectivity index (χ0) is 5.11. The summed E-state index contributed by atoms with van der Waals surface area (Å²) in [6.45, 7) is 3.72. The largest absolute Gasteiger partial charge is 0.199 e. The molecule has 1 heteroatoms. The molecule has 0 unspecified atom stereocenters. The van der Waals surface area contributed by atoms with Crippen molar-refractivity contribution in [3.63, 3.8) is 0 Å². The van der Waals surface area contributed by atoms with E-state index in [-0.39, 0.29) is 16.5 Å². The molecule has 0 radical (unpaired) electrons. The van der Waals surface area contributed by atoms with Gasteiger partial charge in [-0.3, -0.25) is 0 Å². The molecular weight excluding hydrogens is 143 g/mol. The second kappa shape index (κ2) is 3.57. The van der Waals surface area contributed by atoms with Gasteiger partial charge in [0.05, 0.1) is 0 Å². The first-order chi connectivity index (χ1) is 3.39. The van der Waals surface area contributed by atoms with Crippen molar-refractivity contribution in [2.75, 3.05) is 0 Å². The standard InChI is InChI=1S/C7H7.Ni/c1-7-5-3-2-4-6-7;/h2-6H,1H2;/q-1;. The van der Waals surface area contributed by atoms with Gasteiger partial charge in [-0.15, -0.1) is 12.1 Å². The van der Waals surface area contributed by atoms with Gasteiger partial charge in [0, 0.05) is 16.5 Å². The van der Waals surface area contributed by atoms with Crippen molar-refractivity contribution in [1.82, 2.24) is 0 Å². The molecule has 0 nitrogen and oxygen atoms in total. The molecule has 1 aromatic rings. The Morgan fingerprint density at radius 1 is 1.00 bits per heavy atom. The van der Waals surface area contributed by atoms with Crippen LogP contribution in [0.3, 0.4) is 0 Å². The van der Waals surface area contributed by atoms with Gasteiger partial charge in [0.25, 0.3) is 0 Å². The van der Waals surface area contributed by atoms with E-state index in [9.17, 15) is 0 Å². The van der Waals surface area contributed by atoms with Crippen molar-refractivity contribution < 1.29 is 16.5 Å². The molecule has 1 aromatic carbocycles. The molecule has 0 saturated carbocycles. The molecule has 0 aromatic heterocycles. The summed E-state index contributed by atoms with van der Waals surface area (Å²) < 4.78 is 0. The van der Waals surface area contributed by atoms with Crippen molar-refractivity contribution in [1.29, 1.82) is 0 Å². The van der Waals surface area contributed by atoms with Crippen LogP contribution in [0.5, 0.6) is 0 Å². The van der Waals surface area contributed by atoms with E-state index in [4.69, 9.17) is 0 Å². The monoisotopic (exact) mass is 149 g/mol. The molecule has 0 aliphatic heterocycles. The van der Waals surface area contributed by atoms with E-state index >= 15 is 0 Å². The number of benzene rings is 1. The number of rotatable bonds is 0. The second-order valence-corrected chi connectivity index (χ2v) is 1.49. The molecule has 0 heterocycles. The first-order valence-electron chi connectivity index (χ1n) is 2.26. The third-order valence-corrected chi connectivity index (χ3v) is 0.843. The Labute approximate surface area is 59.8 Å². The summed E-state index contributed by atoms with van der Waals surface area (Å²) in [4.78, 5) is 0. The molecule has 0 fully saturated rings. The van der Waals surface area contributed by atoms with Crippen LogP contribution < -0.4 is 0 Å². The Morgan fingerprint density at radius 2 is 1.50 bits per heavy atom. The molecule has 8 heavy (non-hydrogen) atoms. The zero-order valence-corrected chi connectivity index (χ0v) is 5.40. The molecule has 0 amide bonds. The van der Waals surface area contributed by atoms with Gasteiger partial charge in [0.2, 0.25) is 0 Å². The predicted molar refractivity (Wildman–Crippen MR) is 30.9 cm³/mol. The molecule has 0 spiro atoms. The van der Waals surface area contributed by atoms with Crippen molar-refractivity contribution >= 4 is 0 Å². The van der Waals surface area contributed by atoms with Gasteiger partial charge in [0.1, 0.15) is 0 Å². The fraction of sp³-hybridized carbons (Fsp3) is 0. The predicted octanol–water partition coefficient (Wildman–Crippen LogP) is 1.87. The van der Waals surface area contributed by atoms with Gasteiger partial charge in [0.15, 0.2) is 0 Å². The molecular formula is C7H7Ni-. The van der Waals surface area contributed by atoms with Crippen LogP contribution in [-0.2, 0) is 16.5 Å². The maximum absolute atomic E-state index is 3.72. The average molecular weight is 150 g/mol. The van der Waals surface area contributed by atoms with Crippen LogP contribution in [0.1, 0.15) is 5.56 Å². The van der Waals surface area contributed by atoms with E-state index in [2.05, 4.69) is 6.92 Å². The van der Waals surface area contributed by atoms with Crippen LogP contribution in [0.15, 0.2) is 30.3 Å². The normalized spacial score (nSPS) is 7.50. The maximum atomic E-state index is 3.72. The first-order valence-corrected chi connectivity index (χ1v) is 2.26. The van der Waals surface area contributed by atoms with E-state index in [0.29, 0.717) is 0 Å². The molecule has 0 aliphatic carbocycles. The maximum Gasteiger partial charge on any atom is 0 e.